The van der Waals surface area contributed by atoms with Crippen LogP contribution in [0.25, 0.3) is 0 Å². The Labute approximate surface area is 122 Å². The molecule has 3 heteroatoms. The topological polar surface area (TPSA) is 44.5 Å². The van der Waals surface area contributed by atoms with E-state index in [1.165, 1.54) is 16.7 Å². The molecule has 0 aliphatic carbocycles. The summed E-state index contributed by atoms with van der Waals surface area (Å²) in [5.41, 5.74) is 10.2. The predicted molar refractivity (Wildman–Crippen MR) is 82.0 cm³/mol. The van der Waals surface area contributed by atoms with Crippen LogP contribution in [-0.2, 0) is 15.9 Å². The van der Waals surface area contributed by atoms with Gasteiger partial charge in [0.15, 0.2) is 0 Å². The maximum atomic E-state index is 6.51. The SMILES string of the molecule is CCOC1(C(N)Cc2ccc(C)c(C)c2)CCOCC1. The van der Waals surface area contributed by atoms with Crippen molar-refractivity contribution in [2.24, 2.45) is 5.73 Å². The zero-order chi connectivity index (χ0) is 14.6. The Morgan fingerprint density at radius 1 is 1.25 bits per heavy atom. The molecule has 0 aromatic heterocycles. The summed E-state index contributed by atoms with van der Waals surface area (Å²) in [6.07, 6.45) is 2.65. The van der Waals surface area contributed by atoms with Gasteiger partial charge in [-0.05, 0) is 43.9 Å². The highest BCUT2D eigenvalue weighted by Gasteiger charge is 2.39. The summed E-state index contributed by atoms with van der Waals surface area (Å²) in [5, 5.41) is 0. The number of hydrogen-bond donors (Lipinski definition) is 1. The molecule has 1 aromatic carbocycles. The van der Waals surface area contributed by atoms with E-state index in [0.29, 0.717) is 6.61 Å². The Morgan fingerprint density at radius 3 is 2.55 bits per heavy atom. The van der Waals surface area contributed by atoms with E-state index in [-0.39, 0.29) is 11.6 Å². The molecule has 1 aliphatic rings. The number of rotatable bonds is 5. The van der Waals surface area contributed by atoms with Gasteiger partial charge in [-0.2, -0.15) is 0 Å². The van der Waals surface area contributed by atoms with E-state index < -0.39 is 0 Å². The highest BCUT2D eigenvalue weighted by Crippen LogP contribution is 2.30. The number of ether oxygens (including phenoxy) is 2. The van der Waals surface area contributed by atoms with Gasteiger partial charge in [-0.15, -0.1) is 0 Å². The predicted octanol–water partition coefficient (Wildman–Crippen LogP) is 2.76. The van der Waals surface area contributed by atoms with Crippen LogP contribution in [-0.4, -0.2) is 31.5 Å². The molecule has 1 atom stereocenters. The molecule has 0 bridgehead atoms. The quantitative estimate of drug-likeness (QED) is 0.900. The van der Waals surface area contributed by atoms with Crippen molar-refractivity contribution < 1.29 is 9.47 Å². The minimum absolute atomic E-state index is 0.0217. The van der Waals surface area contributed by atoms with Crippen molar-refractivity contribution in [2.45, 2.75) is 51.7 Å². The third-order valence-corrected chi connectivity index (χ3v) is 4.47. The van der Waals surface area contributed by atoms with Gasteiger partial charge in [0.25, 0.3) is 0 Å². The van der Waals surface area contributed by atoms with Gasteiger partial charge in [0.1, 0.15) is 0 Å². The van der Waals surface area contributed by atoms with E-state index in [2.05, 4.69) is 32.0 Å². The molecule has 0 saturated carbocycles. The molecule has 1 aliphatic heterocycles. The smallest absolute Gasteiger partial charge is 0.0879 e. The van der Waals surface area contributed by atoms with E-state index in [1.807, 2.05) is 6.92 Å². The molecule has 0 spiro atoms. The number of aryl methyl sites for hydroxylation is 2. The summed E-state index contributed by atoms with van der Waals surface area (Å²) in [4.78, 5) is 0. The Morgan fingerprint density at radius 2 is 1.95 bits per heavy atom. The van der Waals surface area contributed by atoms with Gasteiger partial charge in [0.05, 0.1) is 5.60 Å². The molecule has 3 nitrogen and oxygen atoms in total. The molecule has 1 fully saturated rings. The summed E-state index contributed by atoms with van der Waals surface area (Å²) >= 11 is 0. The van der Waals surface area contributed by atoms with Gasteiger partial charge in [-0.1, -0.05) is 18.2 Å². The van der Waals surface area contributed by atoms with Crippen molar-refractivity contribution >= 4 is 0 Å². The average Bonchev–Trinajstić information content (AvgIpc) is 2.44. The lowest BCUT2D eigenvalue weighted by Gasteiger charge is -2.41. The second-order valence-corrected chi connectivity index (χ2v) is 5.84. The molecule has 0 radical (unpaired) electrons. The van der Waals surface area contributed by atoms with Crippen molar-refractivity contribution in [1.29, 1.82) is 0 Å². The number of hydrogen-bond acceptors (Lipinski definition) is 3. The standard InChI is InChI=1S/C17H27NO2/c1-4-20-17(7-9-19-10-8-17)16(18)12-15-6-5-13(2)14(3)11-15/h5-6,11,16H,4,7-10,12,18H2,1-3H3. The third kappa shape index (κ3) is 3.40. The molecule has 2 N–H and O–H groups in total. The first kappa shape index (κ1) is 15.5. The largest absolute Gasteiger partial charge is 0.381 e. The molecular weight excluding hydrogens is 250 g/mol. The van der Waals surface area contributed by atoms with Crippen LogP contribution in [0.4, 0.5) is 0 Å². The normalized spacial score (nSPS) is 19.8. The lowest BCUT2D eigenvalue weighted by atomic mass is 9.83. The molecule has 0 amide bonds. The molecule has 112 valence electrons. The zero-order valence-corrected chi connectivity index (χ0v) is 12.9. The molecule has 1 heterocycles. The summed E-state index contributed by atoms with van der Waals surface area (Å²) in [6.45, 7) is 8.54. The molecule has 2 rings (SSSR count). The van der Waals surface area contributed by atoms with Crippen LogP contribution in [0.5, 0.6) is 0 Å². The number of nitrogens with two attached hydrogens (primary N) is 1. The van der Waals surface area contributed by atoms with Crippen molar-refractivity contribution in [3.8, 4) is 0 Å². The van der Waals surface area contributed by atoms with Crippen molar-refractivity contribution in [1.82, 2.24) is 0 Å². The van der Waals surface area contributed by atoms with Crippen molar-refractivity contribution in [3.63, 3.8) is 0 Å². The Hall–Kier alpha value is -0.900. The minimum Gasteiger partial charge on any atom is -0.381 e. The monoisotopic (exact) mass is 277 g/mol. The number of benzene rings is 1. The third-order valence-electron chi connectivity index (χ3n) is 4.47. The van der Waals surface area contributed by atoms with Crippen LogP contribution >= 0.6 is 0 Å². The van der Waals surface area contributed by atoms with Crippen molar-refractivity contribution in [3.05, 3.63) is 34.9 Å². The maximum absolute atomic E-state index is 6.51. The second-order valence-electron chi connectivity index (χ2n) is 5.84. The van der Waals surface area contributed by atoms with Crippen LogP contribution in [0.2, 0.25) is 0 Å². The first-order valence-corrected chi connectivity index (χ1v) is 7.61. The highest BCUT2D eigenvalue weighted by atomic mass is 16.5. The summed E-state index contributed by atoms with van der Waals surface area (Å²) < 4.78 is 11.5. The molecular formula is C17H27NO2. The molecule has 20 heavy (non-hydrogen) atoms. The van der Waals surface area contributed by atoms with Crippen LogP contribution in [0.3, 0.4) is 0 Å². The van der Waals surface area contributed by atoms with E-state index in [0.717, 1.165) is 32.5 Å². The maximum Gasteiger partial charge on any atom is 0.0879 e. The lowest BCUT2D eigenvalue weighted by Crippen LogP contribution is -2.54. The van der Waals surface area contributed by atoms with Gasteiger partial charge in [-0.25, -0.2) is 0 Å². The van der Waals surface area contributed by atoms with Crippen LogP contribution in [0.1, 0.15) is 36.5 Å². The first-order chi connectivity index (χ1) is 9.57. The minimum atomic E-state index is -0.216. The van der Waals surface area contributed by atoms with E-state index in [1.54, 1.807) is 0 Å². The molecule has 1 aromatic rings. The fourth-order valence-electron chi connectivity index (χ4n) is 3.00. The van der Waals surface area contributed by atoms with Crippen molar-refractivity contribution in [2.75, 3.05) is 19.8 Å². The lowest BCUT2D eigenvalue weighted by molar-refractivity contribution is -0.120. The van der Waals surface area contributed by atoms with E-state index >= 15 is 0 Å². The van der Waals surface area contributed by atoms with Gasteiger partial charge in [0.2, 0.25) is 0 Å². The van der Waals surface area contributed by atoms with Crippen LogP contribution in [0.15, 0.2) is 18.2 Å². The summed E-state index contributed by atoms with van der Waals surface area (Å²) in [5.74, 6) is 0. The molecule has 1 saturated heterocycles. The fraction of sp³-hybridized carbons (Fsp3) is 0.647. The second kappa shape index (κ2) is 6.70. The van der Waals surface area contributed by atoms with E-state index in [4.69, 9.17) is 15.2 Å². The van der Waals surface area contributed by atoms with Gasteiger partial charge < -0.3 is 15.2 Å². The Balaban J connectivity index is 2.11. The highest BCUT2D eigenvalue weighted by molar-refractivity contribution is 5.30. The van der Waals surface area contributed by atoms with Crippen LogP contribution in [0, 0.1) is 13.8 Å². The summed E-state index contributed by atoms with van der Waals surface area (Å²) in [6, 6.07) is 6.62. The van der Waals surface area contributed by atoms with Crippen LogP contribution < -0.4 is 5.73 Å². The van der Waals surface area contributed by atoms with E-state index in [9.17, 15) is 0 Å². The fourth-order valence-corrected chi connectivity index (χ4v) is 3.00. The Bertz CT molecular complexity index is 433. The van der Waals surface area contributed by atoms with Gasteiger partial charge in [0, 0.05) is 38.7 Å². The zero-order valence-electron chi connectivity index (χ0n) is 12.9. The first-order valence-electron chi connectivity index (χ1n) is 7.61. The average molecular weight is 277 g/mol. The Kier molecular flexibility index (Phi) is 5.19. The van der Waals surface area contributed by atoms with Gasteiger partial charge >= 0.3 is 0 Å². The summed E-state index contributed by atoms with van der Waals surface area (Å²) in [7, 11) is 0. The van der Waals surface area contributed by atoms with Gasteiger partial charge in [-0.3, -0.25) is 0 Å². The molecule has 1 unspecified atom stereocenters.